The van der Waals surface area contributed by atoms with Crippen LogP contribution < -0.4 is 0 Å². The quantitative estimate of drug-likeness (QED) is 0.720. The van der Waals surface area contributed by atoms with Crippen molar-refractivity contribution < 1.29 is 0 Å². The van der Waals surface area contributed by atoms with Gasteiger partial charge in [-0.25, -0.2) is 0 Å². The van der Waals surface area contributed by atoms with Crippen molar-refractivity contribution in [2.24, 2.45) is 0 Å². The summed E-state index contributed by atoms with van der Waals surface area (Å²) < 4.78 is 0. The predicted octanol–water partition coefficient (Wildman–Crippen LogP) is 2.15. The number of likely N-dealkylation sites (tertiary alicyclic amines) is 1. The standard InChI is InChI=1S/C13H17N3/c1-16-7-2-3-12(6-8-16)13-5-4-11(9-14)10-15-13/h4-5,10,12H,2-3,6-8H2,1H3. The lowest BCUT2D eigenvalue weighted by Gasteiger charge is -2.14. The number of hydrogen-bond acceptors (Lipinski definition) is 3. The van der Waals surface area contributed by atoms with Crippen LogP contribution in [0.3, 0.4) is 0 Å². The second-order valence-electron chi connectivity index (χ2n) is 4.51. The van der Waals surface area contributed by atoms with Gasteiger partial charge in [-0.2, -0.15) is 5.26 Å². The van der Waals surface area contributed by atoms with E-state index in [4.69, 9.17) is 5.26 Å². The maximum atomic E-state index is 8.72. The third-order valence-corrected chi connectivity index (χ3v) is 3.29. The van der Waals surface area contributed by atoms with Crippen LogP contribution in [-0.2, 0) is 0 Å². The van der Waals surface area contributed by atoms with Gasteiger partial charge in [0.2, 0.25) is 0 Å². The van der Waals surface area contributed by atoms with Gasteiger partial charge in [0.15, 0.2) is 0 Å². The maximum absolute atomic E-state index is 8.72. The van der Waals surface area contributed by atoms with E-state index in [1.165, 1.54) is 25.8 Å². The summed E-state index contributed by atoms with van der Waals surface area (Å²) in [5.74, 6) is 0.567. The van der Waals surface area contributed by atoms with Crippen LogP contribution in [0.4, 0.5) is 0 Å². The molecule has 0 radical (unpaired) electrons. The highest BCUT2D eigenvalue weighted by molar-refractivity contribution is 5.27. The molecule has 1 unspecified atom stereocenters. The lowest BCUT2D eigenvalue weighted by Crippen LogP contribution is -2.18. The van der Waals surface area contributed by atoms with Gasteiger partial charge in [-0.3, -0.25) is 4.98 Å². The third kappa shape index (κ3) is 2.59. The van der Waals surface area contributed by atoms with E-state index in [1.54, 1.807) is 6.20 Å². The van der Waals surface area contributed by atoms with Gasteiger partial charge in [-0.15, -0.1) is 0 Å². The highest BCUT2D eigenvalue weighted by atomic mass is 15.1. The Morgan fingerprint density at radius 3 is 2.94 bits per heavy atom. The fraction of sp³-hybridized carbons (Fsp3) is 0.538. The summed E-state index contributed by atoms with van der Waals surface area (Å²) in [6, 6.07) is 5.99. The first-order valence-corrected chi connectivity index (χ1v) is 5.84. The Morgan fingerprint density at radius 1 is 1.38 bits per heavy atom. The summed E-state index contributed by atoms with van der Waals surface area (Å²) in [5.41, 5.74) is 1.80. The number of nitrogens with zero attached hydrogens (tertiary/aromatic N) is 3. The second-order valence-corrected chi connectivity index (χ2v) is 4.51. The molecule has 0 saturated carbocycles. The minimum Gasteiger partial charge on any atom is -0.306 e. The highest BCUT2D eigenvalue weighted by Crippen LogP contribution is 2.26. The van der Waals surface area contributed by atoms with Crippen molar-refractivity contribution in [2.45, 2.75) is 25.2 Å². The summed E-state index contributed by atoms with van der Waals surface area (Å²) in [6.45, 7) is 2.33. The van der Waals surface area contributed by atoms with Crippen LogP contribution in [0.25, 0.3) is 0 Å². The molecule has 1 fully saturated rings. The average molecular weight is 215 g/mol. The molecule has 1 aliphatic heterocycles. The molecule has 2 heterocycles. The third-order valence-electron chi connectivity index (χ3n) is 3.29. The molecule has 0 spiro atoms. The van der Waals surface area contributed by atoms with E-state index in [2.05, 4.69) is 23.0 Å². The Kier molecular flexibility index (Phi) is 3.53. The van der Waals surface area contributed by atoms with Crippen molar-refractivity contribution in [1.82, 2.24) is 9.88 Å². The van der Waals surface area contributed by atoms with Crippen molar-refractivity contribution in [3.05, 3.63) is 29.6 Å². The fourth-order valence-corrected chi connectivity index (χ4v) is 2.25. The van der Waals surface area contributed by atoms with Crippen LogP contribution in [-0.4, -0.2) is 30.0 Å². The molecule has 0 aliphatic carbocycles. The molecule has 1 saturated heterocycles. The van der Waals surface area contributed by atoms with Crippen molar-refractivity contribution in [3.63, 3.8) is 0 Å². The molecule has 2 rings (SSSR count). The highest BCUT2D eigenvalue weighted by Gasteiger charge is 2.17. The van der Waals surface area contributed by atoms with Gasteiger partial charge >= 0.3 is 0 Å². The second kappa shape index (κ2) is 5.09. The van der Waals surface area contributed by atoms with E-state index in [9.17, 15) is 0 Å². The summed E-state index contributed by atoms with van der Waals surface area (Å²) in [6.07, 6.45) is 5.31. The smallest absolute Gasteiger partial charge is 0.101 e. The molecule has 0 amide bonds. The first-order valence-electron chi connectivity index (χ1n) is 5.84. The fourth-order valence-electron chi connectivity index (χ4n) is 2.25. The summed E-state index contributed by atoms with van der Waals surface area (Å²) in [5, 5.41) is 8.72. The van der Waals surface area contributed by atoms with Crippen LogP contribution in [0.5, 0.6) is 0 Å². The van der Waals surface area contributed by atoms with Crippen LogP contribution in [0, 0.1) is 11.3 Å². The van der Waals surface area contributed by atoms with Crippen molar-refractivity contribution >= 4 is 0 Å². The first-order chi connectivity index (χ1) is 7.79. The zero-order valence-electron chi connectivity index (χ0n) is 9.69. The van der Waals surface area contributed by atoms with E-state index < -0.39 is 0 Å². The Morgan fingerprint density at radius 2 is 2.25 bits per heavy atom. The Hall–Kier alpha value is -1.40. The van der Waals surface area contributed by atoms with E-state index >= 15 is 0 Å². The van der Waals surface area contributed by atoms with Crippen LogP contribution in [0.2, 0.25) is 0 Å². The Balaban J connectivity index is 2.08. The van der Waals surface area contributed by atoms with Crippen LogP contribution in [0.1, 0.15) is 36.4 Å². The van der Waals surface area contributed by atoms with Crippen molar-refractivity contribution in [3.8, 4) is 6.07 Å². The summed E-state index contributed by atoms with van der Waals surface area (Å²) >= 11 is 0. The number of nitriles is 1. The average Bonchev–Trinajstić information content (AvgIpc) is 2.54. The molecule has 0 aromatic carbocycles. The summed E-state index contributed by atoms with van der Waals surface area (Å²) in [7, 11) is 2.18. The zero-order valence-corrected chi connectivity index (χ0v) is 9.69. The molecule has 1 aliphatic rings. The van der Waals surface area contributed by atoms with Gasteiger partial charge in [0.25, 0.3) is 0 Å². The van der Waals surface area contributed by atoms with Gasteiger partial charge in [-0.05, 0) is 51.5 Å². The molecule has 16 heavy (non-hydrogen) atoms. The van der Waals surface area contributed by atoms with Gasteiger partial charge in [0.05, 0.1) is 5.56 Å². The number of rotatable bonds is 1. The van der Waals surface area contributed by atoms with E-state index in [-0.39, 0.29) is 0 Å². The van der Waals surface area contributed by atoms with Gasteiger partial charge in [0.1, 0.15) is 6.07 Å². The summed E-state index contributed by atoms with van der Waals surface area (Å²) in [4.78, 5) is 6.78. The lowest BCUT2D eigenvalue weighted by atomic mass is 9.96. The molecule has 3 heteroatoms. The normalized spacial score (nSPS) is 22.4. The largest absolute Gasteiger partial charge is 0.306 e. The maximum Gasteiger partial charge on any atom is 0.101 e. The minimum absolute atomic E-state index is 0.567. The molecular formula is C13H17N3. The monoisotopic (exact) mass is 215 g/mol. The minimum atomic E-state index is 0.567. The molecular weight excluding hydrogens is 198 g/mol. The molecule has 1 aromatic heterocycles. The molecule has 3 nitrogen and oxygen atoms in total. The number of hydrogen-bond donors (Lipinski definition) is 0. The first kappa shape index (κ1) is 11.1. The van der Waals surface area contributed by atoms with Gasteiger partial charge < -0.3 is 4.90 Å². The van der Waals surface area contributed by atoms with Crippen molar-refractivity contribution in [2.75, 3.05) is 20.1 Å². The van der Waals surface area contributed by atoms with E-state index in [1.807, 2.05) is 12.1 Å². The van der Waals surface area contributed by atoms with Crippen molar-refractivity contribution in [1.29, 1.82) is 5.26 Å². The molecule has 0 N–H and O–H groups in total. The van der Waals surface area contributed by atoms with E-state index in [0.29, 0.717) is 11.5 Å². The number of aromatic nitrogens is 1. The lowest BCUT2D eigenvalue weighted by molar-refractivity contribution is 0.347. The van der Waals surface area contributed by atoms with Crippen LogP contribution in [0.15, 0.2) is 18.3 Å². The molecule has 84 valence electrons. The SMILES string of the molecule is CN1CCCC(c2ccc(C#N)cn2)CC1. The Bertz CT molecular complexity index is 377. The topological polar surface area (TPSA) is 39.9 Å². The Labute approximate surface area is 96.7 Å². The molecule has 1 atom stereocenters. The molecule has 1 aromatic rings. The number of pyridine rings is 1. The zero-order chi connectivity index (χ0) is 11.4. The van der Waals surface area contributed by atoms with Gasteiger partial charge in [0, 0.05) is 17.8 Å². The van der Waals surface area contributed by atoms with Crippen LogP contribution >= 0.6 is 0 Å². The van der Waals surface area contributed by atoms with Gasteiger partial charge in [-0.1, -0.05) is 0 Å². The predicted molar refractivity (Wildman–Crippen MR) is 63.0 cm³/mol. The van der Waals surface area contributed by atoms with E-state index in [0.717, 1.165) is 12.2 Å². The molecule has 0 bridgehead atoms.